The lowest BCUT2D eigenvalue weighted by molar-refractivity contribution is 0.106. The van der Waals surface area contributed by atoms with Crippen LogP contribution >= 0.6 is 11.3 Å². The van der Waals surface area contributed by atoms with E-state index in [2.05, 4.69) is 20.8 Å². The van der Waals surface area contributed by atoms with Crippen molar-refractivity contribution in [2.45, 2.75) is 79.9 Å². The van der Waals surface area contributed by atoms with Crippen LogP contribution in [0.15, 0.2) is 47.3 Å². The molecule has 4 aromatic rings. The molecule has 2 heterocycles. The number of rotatable bonds is 7. The summed E-state index contributed by atoms with van der Waals surface area (Å²) in [6.07, 6.45) is 4.19. The summed E-state index contributed by atoms with van der Waals surface area (Å²) in [6, 6.07) is 13.4. The van der Waals surface area contributed by atoms with Crippen molar-refractivity contribution in [3.05, 3.63) is 107 Å². The number of benzene rings is 3. The lowest BCUT2D eigenvalue weighted by atomic mass is 9.82. The van der Waals surface area contributed by atoms with E-state index >= 15 is 0 Å². The molecule has 1 aliphatic rings. The van der Waals surface area contributed by atoms with Crippen LogP contribution in [0.1, 0.15) is 83.9 Å². The van der Waals surface area contributed by atoms with Gasteiger partial charge in [0.05, 0.1) is 17.7 Å². The van der Waals surface area contributed by atoms with Gasteiger partial charge in [0.15, 0.2) is 5.78 Å². The second-order valence-corrected chi connectivity index (χ2v) is 13.7. The number of aromatic nitrogens is 1. The third-order valence-electron chi connectivity index (χ3n) is 8.22. The first-order valence-electron chi connectivity index (χ1n) is 15.1. The summed E-state index contributed by atoms with van der Waals surface area (Å²) < 4.78 is 14.7. The summed E-state index contributed by atoms with van der Waals surface area (Å²) in [5.74, 6) is 1.56. The van der Waals surface area contributed by atoms with Gasteiger partial charge in [-0.3, -0.25) is 14.2 Å². The molecule has 230 valence electrons. The van der Waals surface area contributed by atoms with Crippen molar-refractivity contribution < 1.29 is 19.4 Å². The molecule has 3 aromatic carbocycles. The fourth-order valence-electron chi connectivity index (χ4n) is 5.85. The van der Waals surface area contributed by atoms with Gasteiger partial charge in [-0.2, -0.15) is 0 Å². The van der Waals surface area contributed by atoms with E-state index in [4.69, 9.17) is 9.47 Å². The molecule has 0 spiro atoms. The number of Topliss-reactive ketones (excluding diaryl/α,β-unsaturated/α-hetero) is 1. The van der Waals surface area contributed by atoms with Crippen molar-refractivity contribution in [1.29, 1.82) is 0 Å². The number of aromatic hydroxyl groups is 1. The lowest BCUT2D eigenvalue weighted by Crippen LogP contribution is -2.32. The molecule has 0 aliphatic carbocycles. The highest BCUT2D eigenvalue weighted by molar-refractivity contribution is 7.07. The lowest BCUT2D eigenvalue weighted by Gasteiger charge is -2.24. The molecule has 1 aliphatic heterocycles. The third-order valence-corrected chi connectivity index (χ3v) is 9.28. The molecule has 0 amide bonds. The molecular formula is C37H41NO5S. The number of hydrogen-bond acceptors (Lipinski definition) is 6. The number of thiazole rings is 1. The zero-order valence-electron chi connectivity index (χ0n) is 26.8. The summed E-state index contributed by atoms with van der Waals surface area (Å²) >= 11 is 1.28. The van der Waals surface area contributed by atoms with Crippen LogP contribution in [-0.4, -0.2) is 28.2 Å². The van der Waals surface area contributed by atoms with Gasteiger partial charge in [0.1, 0.15) is 28.0 Å². The number of phenolic OH excluding ortho intramolecular Hbond substituents is 1. The van der Waals surface area contributed by atoms with Crippen molar-refractivity contribution in [3.8, 4) is 17.2 Å². The Kier molecular flexibility index (Phi) is 8.63. The first kappa shape index (κ1) is 31.3. The number of carbonyl (C=O) groups is 1. The predicted octanol–water partition coefficient (Wildman–Crippen LogP) is 6.10. The van der Waals surface area contributed by atoms with E-state index in [0.29, 0.717) is 21.4 Å². The largest absolute Gasteiger partial charge is 0.507 e. The maximum atomic E-state index is 14.2. The van der Waals surface area contributed by atoms with E-state index in [1.807, 2.05) is 77.1 Å². The highest BCUT2D eigenvalue weighted by Gasteiger charge is 2.25. The Morgan fingerprint density at radius 1 is 1.14 bits per heavy atom. The Balaban J connectivity index is 1.73. The average Bonchev–Trinajstić information content (AvgIpc) is 3.46. The van der Waals surface area contributed by atoms with E-state index < -0.39 is 0 Å². The first-order chi connectivity index (χ1) is 20.8. The Labute approximate surface area is 262 Å². The molecule has 5 rings (SSSR count). The summed E-state index contributed by atoms with van der Waals surface area (Å²) in [5, 5.41) is 11.2. The molecule has 1 N–H and O–H groups in total. The molecule has 0 radical (unpaired) electrons. The summed E-state index contributed by atoms with van der Waals surface area (Å²) in [5.41, 5.74) is 6.27. The van der Waals surface area contributed by atoms with Gasteiger partial charge < -0.3 is 14.6 Å². The number of aryl methyl sites for hydroxylation is 2. The fourth-order valence-corrected chi connectivity index (χ4v) is 6.88. The van der Waals surface area contributed by atoms with Gasteiger partial charge in [0.2, 0.25) is 0 Å². The number of ketones is 1. The predicted molar refractivity (Wildman–Crippen MR) is 178 cm³/mol. The van der Waals surface area contributed by atoms with Crippen LogP contribution in [-0.2, 0) is 18.4 Å². The molecule has 44 heavy (non-hydrogen) atoms. The minimum absolute atomic E-state index is 0.0272. The van der Waals surface area contributed by atoms with Gasteiger partial charge in [-0.05, 0) is 86.1 Å². The highest BCUT2D eigenvalue weighted by Crippen LogP contribution is 2.38. The number of hydrogen-bond donors (Lipinski definition) is 1. The van der Waals surface area contributed by atoms with Crippen molar-refractivity contribution in [3.63, 3.8) is 0 Å². The number of ether oxygens (including phenoxy) is 2. The van der Waals surface area contributed by atoms with E-state index in [1.165, 1.54) is 11.3 Å². The molecule has 0 bridgehead atoms. The Morgan fingerprint density at radius 2 is 1.86 bits per heavy atom. The molecule has 0 fully saturated rings. The minimum atomic E-state index is -0.242. The Hall–Kier alpha value is -4.10. The molecule has 1 unspecified atom stereocenters. The Bertz CT molecular complexity index is 1940. The van der Waals surface area contributed by atoms with E-state index in [1.54, 1.807) is 16.7 Å². The summed E-state index contributed by atoms with van der Waals surface area (Å²) in [4.78, 5) is 27.7. The molecule has 1 atom stereocenters. The maximum absolute atomic E-state index is 14.2. The quantitative estimate of drug-likeness (QED) is 0.256. The molecule has 6 nitrogen and oxygen atoms in total. The smallest absolute Gasteiger partial charge is 0.269 e. The van der Waals surface area contributed by atoms with Crippen molar-refractivity contribution in [2.24, 2.45) is 0 Å². The molecular weight excluding hydrogens is 570 g/mol. The number of phenols is 1. The first-order valence-corrected chi connectivity index (χ1v) is 15.9. The molecule has 1 aromatic heterocycles. The van der Waals surface area contributed by atoms with Gasteiger partial charge in [0, 0.05) is 29.2 Å². The van der Waals surface area contributed by atoms with Gasteiger partial charge in [0.25, 0.3) is 5.56 Å². The fraction of sp³-hybridized carbons (Fsp3) is 0.351. The molecule has 0 saturated heterocycles. The molecule has 7 heteroatoms. The van der Waals surface area contributed by atoms with E-state index in [9.17, 15) is 14.7 Å². The van der Waals surface area contributed by atoms with Crippen LogP contribution in [0.5, 0.6) is 17.2 Å². The zero-order chi connectivity index (χ0) is 31.9. The maximum Gasteiger partial charge on any atom is 0.269 e. The number of fused-ring (bicyclic) bond motifs is 1. The van der Waals surface area contributed by atoms with Crippen LogP contribution in [0.3, 0.4) is 0 Å². The van der Waals surface area contributed by atoms with Crippen LogP contribution in [0.25, 0.3) is 12.2 Å². The normalized spacial score (nSPS) is 15.4. The summed E-state index contributed by atoms with van der Waals surface area (Å²) in [6.45, 7) is 16.7. The van der Waals surface area contributed by atoms with Crippen LogP contribution in [0.4, 0.5) is 0 Å². The Morgan fingerprint density at radius 3 is 2.55 bits per heavy atom. The standard InChI is InChI=1S/C37H41NO5S/c1-9-42-27-16-25-15-23(4)43-35(25)26(17-27)18-32-36(41)38(33(44-32)19-31(39)28-13-11-10-12-21(28)2)20-29-22(3)14-30(37(6,7)8)34(40)24(29)5/h10-14,16-19,23,40H,9,15,20H2,1-8H3/b32-18-,33-19+. The van der Waals surface area contributed by atoms with Crippen molar-refractivity contribution in [2.75, 3.05) is 6.61 Å². The number of nitrogens with zero attached hydrogens (tertiary/aromatic N) is 1. The zero-order valence-corrected chi connectivity index (χ0v) is 27.6. The third kappa shape index (κ3) is 6.11. The highest BCUT2D eigenvalue weighted by atomic mass is 32.1. The topological polar surface area (TPSA) is 77.8 Å². The number of carbonyl (C=O) groups excluding carboxylic acids is 1. The van der Waals surface area contributed by atoms with Gasteiger partial charge in [-0.1, -0.05) is 51.1 Å². The second-order valence-electron chi connectivity index (χ2n) is 12.7. The van der Waals surface area contributed by atoms with Crippen molar-refractivity contribution >= 4 is 29.3 Å². The van der Waals surface area contributed by atoms with Crippen LogP contribution in [0.2, 0.25) is 0 Å². The van der Waals surface area contributed by atoms with Crippen LogP contribution in [0, 0.1) is 20.8 Å². The second kappa shape index (κ2) is 12.1. The van der Waals surface area contributed by atoms with Crippen molar-refractivity contribution in [1.82, 2.24) is 4.57 Å². The van der Waals surface area contributed by atoms with E-state index in [0.717, 1.165) is 56.9 Å². The minimum Gasteiger partial charge on any atom is -0.507 e. The molecule has 0 saturated carbocycles. The van der Waals surface area contributed by atoms with E-state index in [-0.39, 0.29) is 35.2 Å². The summed E-state index contributed by atoms with van der Waals surface area (Å²) in [7, 11) is 0. The van der Waals surface area contributed by atoms with Gasteiger partial charge in [-0.25, -0.2) is 0 Å². The monoisotopic (exact) mass is 611 g/mol. The average molecular weight is 612 g/mol. The van der Waals surface area contributed by atoms with Gasteiger partial charge in [-0.15, -0.1) is 11.3 Å². The van der Waals surface area contributed by atoms with Gasteiger partial charge >= 0.3 is 0 Å². The van der Waals surface area contributed by atoms with Crippen LogP contribution < -0.4 is 24.2 Å². The SMILES string of the molecule is CCOc1cc(/C=c2\s/c(=C/C(=O)c3ccccc3C)n(Cc3c(C)cc(C(C)(C)C)c(O)c3C)c2=O)c2c(c1)CC(C)O2.